The molecule has 2 aromatic rings. The van der Waals surface area contributed by atoms with Gasteiger partial charge in [-0.3, -0.25) is 0 Å². The Bertz CT molecular complexity index is 522. The summed E-state index contributed by atoms with van der Waals surface area (Å²) >= 11 is 5.34. The van der Waals surface area contributed by atoms with Gasteiger partial charge in [-0.15, -0.1) is 11.3 Å². The molecule has 1 aromatic carbocycles. The highest BCUT2D eigenvalue weighted by Gasteiger charge is 2.08. The van der Waals surface area contributed by atoms with Crippen LogP contribution in [0.2, 0.25) is 0 Å². The molecule has 0 saturated carbocycles. The van der Waals surface area contributed by atoms with E-state index in [1.54, 1.807) is 11.3 Å². The van der Waals surface area contributed by atoms with E-state index >= 15 is 0 Å². The number of benzene rings is 1. The van der Waals surface area contributed by atoms with E-state index in [0.717, 1.165) is 12.0 Å². The van der Waals surface area contributed by atoms with Crippen LogP contribution in [0.25, 0.3) is 10.1 Å². The molecule has 1 nitrogen and oxygen atoms in total. The maximum Gasteiger partial charge on any atom is 0.0992 e. The molecule has 0 bridgehead atoms. The van der Waals surface area contributed by atoms with E-state index in [9.17, 15) is 0 Å². The van der Waals surface area contributed by atoms with Crippen LogP contribution >= 0.6 is 27.3 Å². The molecule has 0 fully saturated rings. The molecule has 14 heavy (non-hydrogen) atoms. The second kappa shape index (κ2) is 3.72. The van der Waals surface area contributed by atoms with Gasteiger partial charge in [-0.2, -0.15) is 5.26 Å². The highest BCUT2D eigenvalue weighted by molar-refractivity contribution is 9.10. The van der Waals surface area contributed by atoms with Gasteiger partial charge in [0, 0.05) is 19.4 Å². The quantitative estimate of drug-likeness (QED) is 0.762. The van der Waals surface area contributed by atoms with E-state index < -0.39 is 0 Å². The summed E-state index contributed by atoms with van der Waals surface area (Å²) in [5.41, 5.74) is 0.730. The van der Waals surface area contributed by atoms with E-state index in [0.29, 0.717) is 0 Å². The Balaban J connectivity index is 2.74. The van der Waals surface area contributed by atoms with Crippen molar-refractivity contribution >= 4 is 37.4 Å². The topological polar surface area (TPSA) is 23.8 Å². The molecule has 1 heterocycles. The zero-order valence-electron chi connectivity index (χ0n) is 7.67. The largest absolute Gasteiger partial charge is 0.192 e. The summed E-state index contributed by atoms with van der Waals surface area (Å²) < 4.78 is 2.37. The van der Waals surface area contributed by atoms with Gasteiger partial charge in [0.1, 0.15) is 0 Å². The molecular weight excluding hydrogens is 258 g/mol. The average Bonchev–Trinajstić information content (AvgIpc) is 2.55. The third kappa shape index (κ3) is 1.45. The molecule has 0 N–H and O–H groups in total. The van der Waals surface area contributed by atoms with Gasteiger partial charge in [0.05, 0.1) is 11.6 Å². The summed E-state index contributed by atoms with van der Waals surface area (Å²) in [5.74, 6) is 0. The van der Waals surface area contributed by atoms with Crippen LogP contribution in [-0.4, -0.2) is 0 Å². The number of rotatable bonds is 1. The Morgan fingerprint density at radius 1 is 1.50 bits per heavy atom. The van der Waals surface area contributed by atoms with Crippen molar-refractivity contribution in [3.63, 3.8) is 0 Å². The van der Waals surface area contributed by atoms with Crippen LogP contribution in [0, 0.1) is 11.3 Å². The minimum absolute atomic E-state index is 0.730. The number of nitrogens with zero attached hydrogens (tertiary/aromatic N) is 1. The normalized spacial score (nSPS) is 10.4. The second-order valence-corrected chi connectivity index (χ2v) is 4.95. The van der Waals surface area contributed by atoms with E-state index in [4.69, 9.17) is 5.26 Å². The predicted octanol–water partition coefficient (Wildman–Crippen LogP) is 4.10. The van der Waals surface area contributed by atoms with E-state index in [-0.39, 0.29) is 0 Å². The Labute approximate surface area is 95.1 Å². The van der Waals surface area contributed by atoms with Crippen LogP contribution < -0.4 is 0 Å². The van der Waals surface area contributed by atoms with Crippen molar-refractivity contribution in [1.29, 1.82) is 5.26 Å². The summed E-state index contributed by atoms with van der Waals surface area (Å²) in [6.45, 7) is 2.14. The summed E-state index contributed by atoms with van der Waals surface area (Å²) in [6, 6.07) is 7.97. The van der Waals surface area contributed by atoms with Crippen molar-refractivity contribution in [1.82, 2.24) is 0 Å². The summed E-state index contributed by atoms with van der Waals surface area (Å²) in [7, 11) is 0. The third-order valence-corrected chi connectivity index (χ3v) is 4.61. The first-order valence-electron chi connectivity index (χ1n) is 4.37. The number of aryl methyl sites for hydroxylation is 1. The Hall–Kier alpha value is -0.850. The molecule has 0 atom stereocenters. The maximum atomic E-state index is 8.77. The molecule has 70 valence electrons. The SMILES string of the molecule is CCc1sc2cc(C#N)ccc2c1Br. The smallest absolute Gasteiger partial charge is 0.0992 e. The molecular formula is C11H8BrNS. The number of nitriles is 1. The number of fused-ring (bicyclic) bond motifs is 1. The molecule has 3 heteroatoms. The number of thiophene rings is 1. The zero-order chi connectivity index (χ0) is 10.1. The lowest BCUT2D eigenvalue weighted by molar-refractivity contribution is 1.18. The molecule has 0 aliphatic heterocycles. The Morgan fingerprint density at radius 3 is 2.93 bits per heavy atom. The molecule has 1 aromatic heterocycles. The number of hydrogen-bond acceptors (Lipinski definition) is 2. The fourth-order valence-corrected chi connectivity index (χ4v) is 3.49. The van der Waals surface area contributed by atoms with Crippen LogP contribution in [-0.2, 0) is 6.42 Å². The standard InChI is InChI=1S/C11H8BrNS/c1-2-9-11(12)8-4-3-7(6-13)5-10(8)14-9/h3-5H,2H2,1H3. The first-order valence-corrected chi connectivity index (χ1v) is 5.98. The van der Waals surface area contributed by atoms with Gasteiger partial charge in [0.25, 0.3) is 0 Å². The first-order chi connectivity index (χ1) is 6.76. The molecule has 2 rings (SSSR count). The highest BCUT2D eigenvalue weighted by atomic mass is 79.9. The van der Waals surface area contributed by atoms with Gasteiger partial charge in [-0.1, -0.05) is 13.0 Å². The average molecular weight is 266 g/mol. The van der Waals surface area contributed by atoms with Crippen LogP contribution in [0.4, 0.5) is 0 Å². The van der Waals surface area contributed by atoms with Crippen molar-refractivity contribution in [2.75, 3.05) is 0 Å². The Morgan fingerprint density at radius 2 is 2.29 bits per heavy atom. The molecule has 0 aliphatic rings. The number of hydrogen-bond donors (Lipinski definition) is 0. The minimum atomic E-state index is 0.730. The Kier molecular flexibility index (Phi) is 2.58. The number of halogens is 1. The van der Waals surface area contributed by atoms with Gasteiger partial charge < -0.3 is 0 Å². The van der Waals surface area contributed by atoms with Crippen LogP contribution in [0.15, 0.2) is 22.7 Å². The maximum absolute atomic E-state index is 8.77. The predicted molar refractivity (Wildman–Crippen MR) is 63.6 cm³/mol. The van der Waals surface area contributed by atoms with Gasteiger partial charge in [-0.05, 0) is 34.5 Å². The monoisotopic (exact) mass is 265 g/mol. The first kappa shape index (κ1) is 9.70. The molecule has 0 saturated heterocycles. The third-order valence-electron chi connectivity index (χ3n) is 2.15. The molecule has 0 aliphatic carbocycles. The van der Waals surface area contributed by atoms with Crippen molar-refractivity contribution in [2.45, 2.75) is 13.3 Å². The minimum Gasteiger partial charge on any atom is -0.192 e. The van der Waals surface area contributed by atoms with Crippen LogP contribution in [0.5, 0.6) is 0 Å². The van der Waals surface area contributed by atoms with Crippen molar-refractivity contribution < 1.29 is 0 Å². The fraction of sp³-hybridized carbons (Fsp3) is 0.182. The van der Waals surface area contributed by atoms with Gasteiger partial charge in [-0.25, -0.2) is 0 Å². The molecule has 0 spiro atoms. The zero-order valence-corrected chi connectivity index (χ0v) is 10.1. The lowest BCUT2D eigenvalue weighted by Crippen LogP contribution is -1.72. The van der Waals surface area contributed by atoms with Crippen molar-refractivity contribution in [2.24, 2.45) is 0 Å². The van der Waals surface area contributed by atoms with Crippen molar-refractivity contribution in [3.8, 4) is 6.07 Å². The van der Waals surface area contributed by atoms with Gasteiger partial charge in [0.2, 0.25) is 0 Å². The van der Waals surface area contributed by atoms with Crippen LogP contribution in [0.3, 0.4) is 0 Å². The molecule has 0 unspecified atom stereocenters. The molecule has 0 radical (unpaired) electrons. The van der Waals surface area contributed by atoms with Crippen molar-refractivity contribution in [3.05, 3.63) is 33.1 Å². The second-order valence-electron chi connectivity index (χ2n) is 3.02. The molecule has 0 amide bonds. The summed E-state index contributed by atoms with van der Waals surface area (Å²) in [6.07, 6.45) is 1.03. The van der Waals surface area contributed by atoms with E-state index in [1.807, 2.05) is 18.2 Å². The lowest BCUT2D eigenvalue weighted by Gasteiger charge is -1.91. The van der Waals surface area contributed by atoms with Gasteiger partial charge in [0.15, 0.2) is 0 Å². The van der Waals surface area contributed by atoms with Crippen LogP contribution in [0.1, 0.15) is 17.4 Å². The van der Waals surface area contributed by atoms with Gasteiger partial charge >= 0.3 is 0 Å². The highest BCUT2D eigenvalue weighted by Crippen LogP contribution is 2.36. The van der Waals surface area contributed by atoms with E-state index in [1.165, 1.54) is 19.4 Å². The fourth-order valence-electron chi connectivity index (χ4n) is 1.41. The van der Waals surface area contributed by atoms with E-state index in [2.05, 4.69) is 28.9 Å². The lowest BCUT2D eigenvalue weighted by atomic mass is 10.2. The summed E-state index contributed by atoms with van der Waals surface area (Å²) in [4.78, 5) is 1.34. The summed E-state index contributed by atoms with van der Waals surface area (Å²) in [5, 5.41) is 9.99.